The van der Waals surface area contributed by atoms with E-state index < -0.39 is 18.0 Å². The van der Waals surface area contributed by atoms with Gasteiger partial charge in [-0.05, 0) is 43.7 Å². The number of aryl methyl sites for hydroxylation is 1. The van der Waals surface area contributed by atoms with Gasteiger partial charge in [-0.1, -0.05) is 17.7 Å². The second-order valence-electron chi connectivity index (χ2n) is 5.08. The highest BCUT2D eigenvalue weighted by atomic mass is 35.5. The van der Waals surface area contributed by atoms with Crippen molar-refractivity contribution in [3.05, 3.63) is 52.7 Å². The van der Waals surface area contributed by atoms with Crippen LogP contribution in [0.25, 0.3) is 0 Å². The molecule has 0 fully saturated rings. The lowest BCUT2D eigenvalue weighted by molar-refractivity contribution is -0.123. The van der Waals surface area contributed by atoms with E-state index in [1.807, 2.05) is 6.92 Å². The topological polar surface area (TPSA) is 77.5 Å². The standard InChI is InChI=1S/C17H17ClN2O4/c1-10-4-5-12(8-14(10)23-3)17(22)24-11(2)16(21)20-15-7-6-13(18)9-19-15/h4-9,11H,1-3H3,(H,19,20,21)/t11-/m0/s1. The van der Waals surface area contributed by atoms with Crippen molar-refractivity contribution in [2.45, 2.75) is 20.0 Å². The summed E-state index contributed by atoms with van der Waals surface area (Å²) in [7, 11) is 1.52. The lowest BCUT2D eigenvalue weighted by Gasteiger charge is -2.14. The number of pyridine rings is 1. The minimum absolute atomic E-state index is 0.307. The molecule has 1 atom stereocenters. The van der Waals surface area contributed by atoms with E-state index in [9.17, 15) is 9.59 Å². The maximum atomic E-state index is 12.1. The van der Waals surface area contributed by atoms with Crippen molar-refractivity contribution in [2.24, 2.45) is 0 Å². The fraction of sp³-hybridized carbons (Fsp3) is 0.235. The number of rotatable bonds is 5. The smallest absolute Gasteiger partial charge is 0.339 e. The summed E-state index contributed by atoms with van der Waals surface area (Å²) in [5.74, 6) is -0.200. The third-order valence-electron chi connectivity index (χ3n) is 3.28. The number of esters is 1. The van der Waals surface area contributed by atoms with Gasteiger partial charge in [0.25, 0.3) is 5.91 Å². The molecule has 24 heavy (non-hydrogen) atoms. The maximum absolute atomic E-state index is 12.1. The molecule has 0 saturated heterocycles. The number of hydrogen-bond acceptors (Lipinski definition) is 5. The quantitative estimate of drug-likeness (QED) is 0.839. The average molecular weight is 349 g/mol. The van der Waals surface area contributed by atoms with Crippen molar-refractivity contribution in [1.82, 2.24) is 4.98 Å². The molecule has 0 spiro atoms. The molecular weight excluding hydrogens is 332 g/mol. The molecule has 0 aliphatic rings. The van der Waals surface area contributed by atoms with Crippen LogP contribution >= 0.6 is 11.6 Å². The second-order valence-corrected chi connectivity index (χ2v) is 5.52. The number of aromatic nitrogens is 1. The predicted molar refractivity (Wildman–Crippen MR) is 90.5 cm³/mol. The summed E-state index contributed by atoms with van der Waals surface area (Å²) in [4.78, 5) is 28.2. The van der Waals surface area contributed by atoms with Gasteiger partial charge in [0.2, 0.25) is 0 Å². The third-order valence-corrected chi connectivity index (χ3v) is 3.50. The van der Waals surface area contributed by atoms with Crippen LogP contribution in [0.15, 0.2) is 36.5 Å². The number of anilines is 1. The van der Waals surface area contributed by atoms with Crippen LogP contribution in [0.2, 0.25) is 5.02 Å². The Kier molecular flexibility index (Phi) is 5.76. The van der Waals surface area contributed by atoms with Crippen LogP contribution in [0, 0.1) is 6.92 Å². The maximum Gasteiger partial charge on any atom is 0.339 e. The summed E-state index contributed by atoms with van der Waals surface area (Å²) in [6.45, 7) is 3.34. The van der Waals surface area contributed by atoms with Gasteiger partial charge in [-0.15, -0.1) is 0 Å². The Hall–Kier alpha value is -2.60. The molecule has 0 bridgehead atoms. The molecule has 126 valence electrons. The van der Waals surface area contributed by atoms with Crippen LogP contribution in [0.4, 0.5) is 5.82 Å². The number of halogens is 1. The lowest BCUT2D eigenvalue weighted by atomic mass is 10.1. The lowest BCUT2D eigenvalue weighted by Crippen LogP contribution is -2.30. The normalized spacial score (nSPS) is 11.5. The van der Waals surface area contributed by atoms with E-state index in [2.05, 4.69) is 10.3 Å². The van der Waals surface area contributed by atoms with Crippen molar-refractivity contribution in [3.8, 4) is 5.75 Å². The summed E-state index contributed by atoms with van der Waals surface area (Å²) in [5.41, 5.74) is 1.20. The molecule has 1 heterocycles. The highest BCUT2D eigenvalue weighted by molar-refractivity contribution is 6.30. The molecule has 7 heteroatoms. The first-order chi connectivity index (χ1) is 11.4. The summed E-state index contributed by atoms with van der Waals surface area (Å²) in [5, 5.41) is 3.01. The third kappa shape index (κ3) is 4.45. The molecule has 1 aromatic heterocycles. The molecule has 1 aromatic carbocycles. The van der Waals surface area contributed by atoms with Gasteiger partial charge < -0.3 is 14.8 Å². The van der Waals surface area contributed by atoms with Crippen molar-refractivity contribution in [1.29, 1.82) is 0 Å². The van der Waals surface area contributed by atoms with Crippen LogP contribution < -0.4 is 10.1 Å². The van der Waals surface area contributed by atoms with E-state index >= 15 is 0 Å². The fourth-order valence-electron chi connectivity index (χ4n) is 1.91. The molecule has 6 nitrogen and oxygen atoms in total. The van der Waals surface area contributed by atoms with Crippen LogP contribution in [-0.2, 0) is 9.53 Å². The van der Waals surface area contributed by atoms with Crippen molar-refractivity contribution in [3.63, 3.8) is 0 Å². The zero-order valence-electron chi connectivity index (χ0n) is 13.5. The number of amides is 1. The largest absolute Gasteiger partial charge is 0.496 e. The first-order valence-electron chi connectivity index (χ1n) is 7.18. The van der Waals surface area contributed by atoms with Gasteiger partial charge in [0.05, 0.1) is 17.7 Å². The minimum atomic E-state index is -0.984. The summed E-state index contributed by atoms with van der Waals surface area (Å²) in [6.07, 6.45) is 0.425. The van der Waals surface area contributed by atoms with Gasteiger partial charge >= 0.3 is 5.97 Å². The van der Waals surface area contributed by atoms with Gasteiger partial charge in [0.15, 0.2) is 6.10 Å². The SMILES string of the molecule is COc1cc(C(=O)O[C@@H](C)C(=O)Nc2ccc(Cl)cn2)ccc1C. The average Bonchev–Trinajstić information content (AvgIpc) is 2.57. The number of carbonyl (C=O) groups excluding carboxylic acids is 2. The summed E-state index contributed by atoms with van der Waals surface area (Å²) < 4.78 is 10.3. The monoisotopic (exact) mass is 348 g/mol. The molecule has 1 amide bonds. The van der Waals surface area contributed by atoms with Crippen LogP contribution in [0.1, 0.15) is 22.8 Å². The Labute approximate surface area is 144 Å². The van der Waals surface area contributed by atoms with Crippen molar-refractivity contribution >= 4 is 29.3 Å². The Morgan fingerprint density at radius 1 is 1.25 bits per heavy atom. The molecule has 2 aromatic rings. The highest BCUT2D eigenvalue weighted by Gasteiger charge is 2.20. The number of carbonyl (C=O) groups is 2. The molecule has 0 radical (unpaired) electrons. The van der Waals surface area contributed by atoms with Crippen molar-refractivity contribution in [2.75, 3.05) is 12.4 Å². The van der Waals surface area contributed by atoms with Crippen LogP contribution in [0.3, 0.4) is 0 Å². The van der Waals surface area contributed by atoms with Gasteiger partial charge in [0.1, 0.15) is 11.6 Å². The van der Waals surface area contributed by atoms with E-state index in [-0.39, 0.29) is 0 Å². The molecule has 0 saturated carbocycles. The molecular formula is C17H17ClN2O4. The summed E-state index contributed by atoms with van der Waals surface area (Å²) >= 11 is 5.73. The number of nitrogens with one attached hydrogen (secondary N) is 1. The Morgan fingerprint density at radius 3 is 2.62 bits per heavy atom. The number of ether oxygens (including phenoxy) is 2. The molecule has 0 aliphatic carbocycles. The second kappa shape index (κ2) is 7.79. The van der Waals surface area contributed by atoms with Crippen LogP contribution in [0.5, 0.6) is 5.75 Å². The van der Waals surface area contributed by atoms with E-state index in [1.54, 1.807) is 30.3 Å². The Balaban J connectivity index is 2.00. The number of methoxy groups -OCH3 is 1. The van der Waals surface area contributed by atoms with E-state index in [0.29, 0.717) is 22.2 Å². The van der Waals surface area contributed by atoms with Gasteiger partial charge in [-0.25, -0.2) is 9.78 Å². The number of hydrogen-bond donors (Lipinski definition) is 1. The van der Waals surface area contributed by atoms with Gasteiger partial charge in [-0.3, -0.25) is 4.79 Å². The Bertz CT molecular complexity index is 747. The molecule has 0 aliphatic heterocycles. The first-order valence-corrected chi connectivity index (χ1v) is 7.56. The van der Waals surface area contributed by atoms with Gasteiger partial charge in [0, 0.05) is 6.20 Å². The fourth-order valence-corrected chi connectivity index (χ4v) is 2.02. The number of nitrogens with zero attached hydrogens (tertiary/aromatic N) is 1. The summed E-state index contributed by atoms with van der Waals surface area (Å²) in [6, 6.07) is 8.09. The van der Waals surface area contributed by atoms with Crippen molar-refractivity contribution < 1.29 is 19.1 Å². The minimum Gasteiger partial charge on any atom is -0.496 e. The van der Waals surface area contributed by atoms with Crippen LogP contribution in [-0.4, -0.2) is 30.1 Å². The zero-order valence-corrected chi connectivity index (χ0v) is 14.3. The van der Waals surface area contributed by atoms with E-state index in [0.717, 1.165) is 5.56 Å². The number of benzene rings is 1. The van der Waals surface area contributed by atoms with E-state index in [1.165, 1.54) is 20.2 Å². The predicted octanol–water partition coefficient (Wildman–Crippen LogP) is 3.24. The molecule has 0 unspecified atom stereocenters. The zero-order chi connectivity index (χ0) is 17.7. The Morgan fingerprint density at radius 2 is 2.00 bits per heavy atom. The first kappa shape index (κ1) is 17.7. The van der Waals surface area contributed by atoms with E-state index in [4.69, 9.17) is 21.1 Å². The molecule has 1 N–H and O–H groups in total. The highest BCUT2D eigenvalue weighted by Crippen LogP contribution is 2.20. The van der Waals surface area contributed by atoms with Gasteiger partial charge in [-0.2, -0.15) is 0 Å². The molecule has 2 rings (SSSR count).